The van der Waals surface area contributed by atoms with Gasteiger partial charge in [0, 0.05) is 36.6 Å². The largest absolute Gasteiger partial charge is 0.391 e. The van der Waals surface area contributed by atoms with Crippen molar-refractivity contribution >= 4 is 17.6 Å². The number of hydrogen-bond acceptors (Lipinski definition) is 7. The van der Waals surface area contributed by atoms with Crippen molar-refractivity contribution in [1.82, 2.24) is 20.2 Å². The van der Waals surface area contributed by atoms with Crippen LogP contribution in [-0.4, -0.2) is 56.5 Å². The summed E-state index contributed by atoms with van der Waals surface area (Å²) in [5, 5.41) is 23.1. The summed E-state index contributed by atoms with van der Waals surface area (Å²) in [6, 6.07) is 5.27. The van der Waals surface area contributed by atoms with E-state index < -0.39 is 24.1 Å². The molecule has 1 saturated carbocycles. The van der Waals surface area contributed by atoms with Gasteiger partial charge in [-0.1, -0.05) is 52.2 Å². The van der Waals surface area contributed by atoms with E-state index >= 15 is 0 Å². The van der Waals surface area contributed by atoms with Gasteiger partial charge in [0.25, 0.3) is 5.91 Å². The maximum Gasteiger partial charge on any atom is 0.252 e. The van der Waals surface area contributed by atoms with Gasteiger partial charge in [-0.3, -0.25) is 24.4 Å². The first-order valence-corrected chi connectivity index (χ1v) is 13.0. The molecule has 1 unspecified atom stereocenters. The summed E-state index contributed by atoms with van der Waals surface area (Å²) in [6.07, 6.45) is 11.3. The number of anilines is 1. The lowest BCUT2D eigenvalue weighted by molar-refractivity contribution is -0.128. The molecule has 0 radical (unpaired) electrons. The molecule has 4 rings (SSSR count). The van der Waals surface area contributed by atoms with Crippen molar-refractivity contribution in [1.29, 1.82) is 5.26 Å². The van der Waals surface area contributed by atoms with E-state index in [1.54, 1.807) is 36.8 Å². The number of aliphatic hydroxyl groups is 1. The zero-order valence-electron chi connectivity index (χ0n) is 21.8. The number of carbonyl (C=O) groups excluding carboxylic acids is 2. The zero-order valence-corrected chi connectivity index (χ0v) is 21.8. The third kappa shape index (κ3) is 6.08. The molecule has 1 aliphatic heterocycles. The number of carbonyl (C=O) groups is 2. The highest BCUT2D eigenvalue weighted by atomic mass is 16.3. The minimum absolute atomic E-state index is 0.0394. The third-order valence-electron chi connectivity index (χ3n) is 7.25. The Labute approximate surface area is 218 Å². The van der Waals surface area contributed by atoms with Crippen LogP contribution in [0.5, 0.6) is 0 Å². The number of likely N-dealkylation sites (tertiary alicyclic amines) is 1. The number of aromatic nitrogens is 2. The molecule has 196 valence electrons. The second kappa shape index (κ2) is 11.3. The molecule has 9 heteroatoms. The SMILES string of the molecule is CC(C)(C)c1ccc(N(C(=O)[C@H]2C[C@@H](O)CN2C#N)C(C(=O)NC2CCCCC2)c2cccnc2)nc1. The van der Waals surface area contributed by atoms with E-state index in [2.05, 4.69) is 36.1 Å². The van der Waals surface area contributed by atoms with Gasteiger partial charge >= 0.3 is 0 Å². The fourth-order valence-electron chi connectivity index (χ4n) is 5.15. The summed E-state index contributed by atoms with van der Waals surface area (Å²) >= 11 is 0. The Bertz CT molecular complexity index is 1120. The van der Waals surface area contributed by atoms with Crippen molar-refractivity contribution < 1.29 is 14.7 Å². The number of nitrogens with one attached hydrogen (secondary N) is 1. The first-order chi connectivity index (χ1) is 17.7. The van der Waals surface area contributed by atoms with E-state index in [0.29, 0.717) is 11.4 Å². The molecule has 2 aliphatic rings. The Morgan fingerprint density at radius 1 is 1.19 bits per heavy atom. The van der Waals surface area contributed by atoms with Gasteiger partial charge in [-0.05, 0) is 36.0 Å². The number of hydrogen-bond donors (Lipinski definition) is 2. The maximum atomic E-state index is 14.1. The van der Waals surface area contributed by atoms with Crippen molar-refractivity contribution in [2.45, 2.75) is 88.9 Å². The van der Waals surface area contributed by atoms with E-state index in [-0.39, 0.29) is 30.3 Å². The van der Waals surface area contributed by atoms with Crippen molar-refractivity contribution in [3.05, 3.63) is 54.0 Å². The molecular formula is C28H36N6O3. The van der Waals surface area contributed by atoms with Crippen LogP contribution in [0.4, 0.5) is 5.82 Å². The monoisotopic (exact) mass is 504 g/mol. The topological polar surface area (TPSA) is 122 Å². The highest BCUT2D eigenvalue weighted by Gasteiger charge is 2.43. The normalized spacial score (nSPS) is 21.2. The number of pyridine rings is 2. The van der Waals surface area contributed by atoms with Crippen LogP contribution in [0.1, 0.15) is 76.5 Å². The maximum absolute atomic E-state index is 14.1. The van der Waals surface area contributed by atoms with Crippen LogP contribution in [0.3, 0.4) is 0 Å². The predicted molar refractivity (Wildman–Crippen MR) is 139 cm³/mol. The van der Waals surface area contributed by atoms with Gasteiger partial charge in [0.1, 0.15) is 17.9 Å². The molecule has 0 spiro atoms. The Morgan fingerprint density at radius 2 is 1.95 bits per heavy atom. The Kier molecular flexibility index (Phi) is 8.08. The van der Waals surface area contributed by atoms with Gasteiger partial charge in [0.05, 0.1) is 12.6 Å². The van der Waals surface area contributed by atoms with E-state index in [4.69, 9.17) is 0 Å². The third-order valence-corrected chi connectivity index (χ3v) is 7.25. The standard InChI is InChI=1S/C28H36N6O3/c1-28(2,3)20-11-12-24(31-16-20)34(27(37)23-14-22(35)17-33(23)18-29)25(19-8-7-13-30-15-19)26(36)32-21-9-5-4-6-10-21/h7-8,11-13,15-16,21-23,25,35H,4-6,9-10,14,17H2,1-3H3,(H,32,36)/t22-,23-,25?/m1/s1. The summed E-state index contributed by atoms with van der Waals surface area (Å²) in [5.74, 6) is -0.455. The van der Waals surface area contributed by atoms with Crippen LogP contribution >= 0.6 is 0 Å². The molecule has 3 heterocycles. The first-order valence-electron chi connectivity index (χ1n) is 13.0. The molecule has 0 bridgehead atoms. The lowest BCUT2D eigenvalue weighted by Gasteiger charge is -2.35. The lowest BCUT2D eigenvalue weighted by Crippen LogP contribution is -2.52. The van der Waals surface area contributed by atoms with Crippen LogP contribution < -0.4 is 10.2 Å². The number of rotatable bonds is 6. The van der Waals surface area contributed by atoms with Gasteiger partial charge < -0.3 is 10.4 Å². The predicted octanol–water partition coefficient (Wildman–Crippen LogP) is 3.21. The molecule has 3 atom stereocenters. The fraction of sp³-hybridized carbons (Fsp3) is 0.536. The van der Waals surface area contributed by atoms with Crippen LogP contribution in [0, 0.1) is 11.5 Å². The number of nitriles is 1. The van der Waals surface area contributed by atoms with Crippen molar-refractivity contribution in [2.75, 3.05) is 11.4 Å². The Hall–Kier alpha value is -3.51. The Morgan fingerprint density at radius 3 is 2.54 bits per heavy atom. The second-order valence-corrected chi connectivity index (χ2v) is 11.1. The quantitative estimate of drug-likeness (QED) is 0.579. The summed E-state index contributed by atoms with van der Waals surface area (Å²) < 4.78 is 0. The van der Waals surface area contributed by atoms with Crippen molar-refractivity contribution in [3.8, 4) is 6.19 Å². The number of nitrogens with zero attached hydrogens (tertiary/aromatic N) is 5. The minimum Gasteiger partial charge on any atom is -0.391 e. The van der Waals surface area contributed by atoms with Crippen molar-refractivity contribution in [2.24, 2.45) is 0 Å². The molecule has 9 nitrogen and oxygen atoms in total. The number of aliphatic hydroxyl groups excluding tert-OH is 1. The van der Waals surface area contributed by atoms with Gasteiger partial charge in [-0.2, -0.15) is 5.26 Å². The molecule has 2 fully saturated rings. The number of amides is 2. The van der Waals surface area contributed by atoms with E-state index in [1.807, 2.05) is 12.3 Å². The summed E-state index contributed by atoms with van der Waals surface area (Å²) in [7, 11) is 0. The summed E-state index contributed by atoms with van der Waals surface area (Å²) in [4.78, 5) is 39.5. The molecular weight excluding hydrogens is 468 g/mol. The van der Waals surface area contributed by atoms with E-state index in [0.717, 1.165) is 37.7 Å². The molecule has 2 aromatic rings. The average molecular weight is 505 g/mol. The molecule has 37 heavy (non-hydrogen) atoms. The highest BCUT2D eigenvalue weighted by Crippen LogP contribution is 2.32. The Balaban J connectivity index is 1.78. The van der Waals surface area contributed by atoms with Gasteiger partial charge in [0.2, 0.25) is 5.91 Å². The molecule has 1 aliphatic carbocycles. The first kappa shape index (κ1) is 26.6. The fourth-order valence-corrected chi connectivity index (χ4v) is 5.15. The molecule has 1 saturated heterocycles. The smallest absolute Gasteiger partial charge is 0.252 e. The molecule has 0 aromatic carbocycles. The number of β-amino-alcohol motifs (C(OH)–C–C–N with tert-alkyl or cyclic N) is 1. The molecule has 2 N–H and O–H groups in total. The van der Waals surface area contributed by atoms with Gasteiger partial charge in [0.15, 0.2) is 6.19 Å². The van der Waals surface area contributed by atoms with Crippen LogP contribution in [0.15, 0.2) is 42.9 Å². The molecule has 2 amide bonds. The zero-order chi connectivity index (χ0) is 26.6. The van der Waals surface area contributed by atoms with E-state index in [1.165, 1.54) is 9.80 Å². The van der Waals surface area contributed by atoms with Crippen molar-refractivity contribution in [3.63, 3.8) is 0 Å². The van der Waals surface area contributed by atoms with Gasteiger partial charge in [-0.25, -0.2) is 4.98 Å². The van der Waals surface area contributed by atoms with Gasteiger partial charge in [-0.15, -0.1) is 0 Å². The average Bonchev–Trinajstić information content (AvgIpc) is 3.28. The lowest BCUT2D eigenvalue weighted by atomic mass is 9.88. The second-order valence-electron chi connectivity index (χ2n) is 11.1. The molecule has 2 aromatic heterocycles. The minimum atomic E-state index is -1.03. The van der Waals surface area contributed by atoms with E-state index in [9.17, 15) is 20.0 Å². The highest BCUT2D eigenvalue weighted by molar-refractivity contribution is 6.03. The van der Waals surface area contributed by atoms with Crippen LogP contribution in [0.25, 0.3) is 0 Å². The summed E-state index contributed by atoms with van der Waals surface area (Å²) in [5.41, 5.74) is 1.39. The van der Waals surface area contributed by atoms with Crippen LogP contribution in [-0.2, 0) is 15.0 Å². The summed E-state index contributed by atoms with van der Waals surface area (Å²) in [6.45, 7) is 6.30. The van der Waals surface area contributed by atoms with Crippen LogP contribution in [0.2, 0.25) is 0 Å².